The summed E-state index contributed by atoms with van der Waals surface area (Å²) in [7, 11) is 0. The van der Waals surface area contributed by atoms with E-state index in [1.807, 2.05) is 36.4 Å². The van der Waals surface area contributed by atoms with Crippen LogP contribution < -0.4 is 4.74 Å². The van der Waals surface area contributed by atoms with Gasteiger partial charge in [0.15, 0.2) is 0 Å². The summed E-state index contributed by atoms with van der Waals surface area (Å²) in [5.74, 6) is 0.910. The van der Waals surface area contributed by atoms with Crippen molar-refractivity contribution in [2.75, 3.05) is 26.3 Å². The summed E-state index contributed by atoms with van der Waals surface area (Å²) in [6.45, 7) is 3.87. The van der Waals surface area contributed by atoms with Gasteiger partial charge < -0.3 is 14.6 Å². The number of piperidine rings is 1. The predicted molar refractivity (Wildman–Crippen MR) is 155 cm³/mol. The molecule has 1 atom stereocenters. The summed E-state index contributed by atoms with van der Waals surface area (Å²) in [6, 6.07) is 26.8. The zero-order valence-corrected chi connectivity index (χ0v) is 22.9. The van der Waals surface area contributed by atoms with E-state index in [2.05, 4.69) is 29.2 Å². The maximum atomic E-state index is 13.5. The second kappa shape index (κ2) is 13.3. The van der Waals surface area contributed by atoms with E-state index in [0.717, 1.165) is 32.5 Å². The quantitative estimate of drug-likeness (QED) is 0.340. The average molecular weight is 534 g/mol. The van der Waals surface area contributed by atoms with Crippen molar-refractivity contribution in [3.63, 3.8) is 0 Å². The third kappa shape index (κ3) is 6.79. The Balaban J connectivity index is 0.00000336. The molecule has 2 fully saturated rings. The molecule has 0 aromatic heterocycles. The first-order chi connectivity index (χ1) is 18.1. The molecule has 1 aliphatic heterocycles. The Morgan fingerprint density at radius 1 is 0.816 bits per heavy atom. The Morgan fingerprint density at radius 2 is 1.45 bits per heavy atom. The molecular formula is C32H39NO4S. The maximum absolute atomic E-state index is 13.5. The first-order valence-corrected chi connectivity index (χ1v) is 13.6. The Labute approximate surface area is 233 Å². The molecule has 38 heavy (non-hydrogen) atoms. The summed E-state index contributed by atoms with van der Waals surface area (Å²) in [5.41, 5.74) is 0.381. The molecule has 0 unspecified atom stereocenters. The average Bonchev–Trinajstić information content (AvgIpc) is 2.92. The normalized spacial score (nSPS) is 18.0. The van der Waals surface area contributed by atoms with Gasteiger partial charge in [-0.05, 0) is 73.9 Å². The zero-order chi connectivity index (χ0) is 25.5. The Morgan fingerprint density at radius 3 is 2.11 bits per heavy atom. The highest BCUT2D eigenvalue weighted by atomic mass is 32.1. The Hall–Kier alpha value is -2.80. The molecule has 3 aromatic rings. The molecule has 5 nitrogen and oxygen atoms in total. The molecule has 1 aliphatic carbocycles. The molecule has 1 saturated carbocycles. The van der Waals surface area contributed by atoms with E-state index in [1.54, 1.807) is 24.3 Å². The van der Waals surface area contributed by atoms with Gasteiger partial charge in [0.2, 0.25) is 5.60 Å². The smallest absolute Gasteiger partial charge is 0.347 e. The van der Waals surface area contributed by atoms with Crippen LogP contribution >= 0.6 is 13.5 Å². The number of carbonyl (C=O) groups excluding carboxylic acids is 1. The molecule has 0 spiro atoms. The highest BCUT2D eigenvalue weighted by molar-refractivity contribution is 7.59. The topological polar surface area (TPSA) is 59.0 Å². The number of esters is 1. The molecule has 5 rings (SSSR count). The number of aliphatic hydroxyl groups is 1. The molecule has 1 heterocycles. The maximum Gasteiger partial charge on any atom is 0.347 e. The summed E-state index contributed by atoms with van der Waals surface area (Å²) < 4.78 is 11.8. The van der Waals surface area contributed by atoms with Gasteiger partial charge in [0, 0.05) is 12.1 Å². The minimum atomic E-state index is -1.90. The van der Waals surface area contributed by atoms with Crippen LogP contribution in [0.15, 0.2) is 84.9 Å². The van der Waals surface area contributed by atoms with E-state index in [9.17, 15) is 9.90 Å². The van der Waals surface area contributed by atoms with Crippen molar-refractivity contribution >= 4 is 19.5 Å². The van der Waals surface area contributed by atoms with E-state index in [-0.39, 0.29) is 19.4 Å². The van der Waals surface area contributed by atoms with E-state index >= 15 is 0 Å². The van der Waals surface area contributed by atoms with Crippen LogP contribution in [0.3, 0.4) is 0 Å². The number of ether oxygens (including phenoxy) is 2. The first-order valence-electron chi connectivity index (χ1n) is 13.6. The van der Waals surface area contributed by atoms with Crippen LogP contribution in [0.25, 0.3) is 0 Å². The van der Waals surface area contributed by atoms with Crippen LogP contribution in [-0.4, -0.2) is 42.3 Å². The number of nitrogens with zero attached hydrogens (tertiary/aromatic N) is 1. The van der Waals surface area contributed by atoms with Crippen LogP contribution in [0.1, 0.15) is 48.8 Å². The molecule has 1 N–H and O–H groups in total. The Bertz CT molecular complexity index is 1150. The zero-order valence-electron chi connectivity index (χ0n) is 21.9. The molecular weight excluding hydrogens is 494 g/mol. The number of carbonyl (C=O) groups is 1. The van der Waals surface area contributed by atoms with Gasteiger partial charge in [0.25, 0.3) is 0 Å². The lowest BCUT2D eigenvalue weighted by atomic mass is 9.85. The van der Waals surface area contributed by atoms with Gasteiger partial charge in [-0.2, -0.15) is 13.5 Å². The molecule has 2 aliphatic rings. The summed E-state index contributed by atoms with van der Waals surface area (Å²) >= 11 is 0. The van der Waals surface area contributed by atoms with Gasteiger partial charge in [-0.3, -0.25) is 4.90 Å². The number of likely N-dealkylation sites (tertiary alicyclic amines) is 1. The third-order valence-electron chi connectivity index (χ3n) is 7.86. The largest absolute Gasteiger partial charge is 0.493 e. The highest BCUT2D eigenvalue weighted by Crippen LogP contribution is 2.34. The van der Waals surface area contributed by atoms with Crippen molar-refractivity contribution in [2.45, 2.75) is 44.2 Å². The van der Waals surface area contributed by atoms with E-state index < -0.39 is 11.6 Å². The fraction of sp³-hybridized carbons (Fsp3) is 0.406. The van der Waals surface area contributed by atoms with Crippen molar-refractivity contribution in [1.82, 2.24) is 4.90 Å². The lowest BCUT2D eigenvalue weighted by Crippen LogP contribution is -2.40. The number of hydrogen-bond donors (Lipinski definition) is 1. The summed E-state index contributed by atoms with van der Waals surface area (Å²) in [6.07, 6.45) is 5.60. The van der Waals surface area contributed by atoms with Gasteiger partial charge in [-0.25, -0.2) is 4.79 Å². The number of rotatable bonds is 10. The molecule has 6 heteroatoms. The van der Waals surface area contributed by atoms with E-state index in [1.165, 1.54) is 24.8 Å². The van der Waals surface area contributed by atoms with E-state index in [4.69, 9.17) is 9.47 Å². The fourth-order valence-corrected chi connectivity index (χ4v) is 5.22. The molecule has 202 valence electrons. The van der Waals surface area contributed by atoms with Crippen LogP contribution in [0.4, 0.5) is 0 Å². The first kappa shape index (κ1) is 28.2. The van der Waals surface area contributed by atoms with Crippen LogP contribution in [0.2, 0.25) is 0 Å². The third-order valence-corrected chi connectivity index (χ3v) is 7.86. The monoisotopic (exact) mass is 533 g/mol. The SMILES string of the molecule is O=C(OCC1CCN(Cc2ccccc2)CC1)[C@](O)(c1ccccc1)c1cccc(OCC2CCC2)c1.S. The van der Waals surface area contributed by atoms with Crippen molar-refractivity contribution in [3.8, 4) is 5.75 Å². The van der Waals surface area contributed by atoms with Gasteiger partial charge in [0.1, 0.15) is 5.75 Å². The van der Waals surface area contributed by atoms with Crippen LogP contribution in [0, 0.1) is 11.8 Å². The van der Waals surface area contributed by atoms with Crippen LogP contribution in [-0.2, 0) is 21.7 Å². The second-order valence-electron chi connectivity index (χ2n) is 10.5. The van der Waals surface area contributed by atoms with Gasteiger partial charge in [-0.15, -0.1) is 0 Å². The highest BCUT2D eigenvalue weighted by Gasteiger charge is 2.42. The summed E-state index contributed by atoms with van der Waals surface area (Å²) in [4.78, 5) is 16.0. The molecule has 0 bridgehead atoms. The molecule has 0 radical (unpaired) electrons. The van der Waals surface area contributed by atoms with Crippen LogP contribution in [0.5, 0.6) is 5.75 Å². The molecule has 3 aromatic carbocycles. The molecule has 0 amide bonds. The lowest BCUT2D eigenvalue weighted by Gasteiger charge is -2.33. The van der Waals surface area contributed by atoms with E-state index in [0.29, 0.717) is 36.0 Å². The standard InChI is InChI=1S/C32H37NO4.H2S/c34-31(37-24-27-17-19-33(20-18-27)22-25-9-3-1-4-10-25)32(35,28-13-5-2-6-14-28)29-15-8-16-30(21-29)36-23-26-11-7-12-26;/h1-6,8-10,13-16,21,26-27,35H,7,11-12,17-20,22-24H2;1H2/t32-;/m0./s1. The summed E-state index contributed by atoms with van der Waals surface area (Å²) in [5, 5.41) is 11.9. The predicted octanol–water partition coefficient (Wildman–Crippen LogP) is 5.67. The molecule has 1 saturated heterocycles. The minimum absolute atomic E-state index is 0. The fourth-order valence-electron chi connectivity index (χ4n) is 5.22. The second-order valence-corrected chi connectivity index (χ2v) is 10.5. The van der Waals surface area contributed by atoms with Crippen molar-refractivity contribution in [3.05, 3.63) is 102 Å². The van der Waals surface area contributed by atoms with Crippen molar-refractivity contribution in [2.24, 2.45) is 11.8 Å². The lowest BCUT2D eigenvalue weighted by molar-refractivity contribution is -0.164. The van der Waals surface area contributed by atoms with Crippen molar-refractivity contribution in [1.29, 1.82) is 0 Å². The van der Waals surface area contributed by atoms with Gasteiger partial charge >= 0.3 is 5.97 Å². The minimum Gasteiger partial charge on any atom is -0.493 e. The Kier molecular flexibility index (Phi) is 9.89. The number of benzene rings is 3. The van der Waals surface area contributed by atoms with Crippen molar-refractivity contribution < 1.29 is 19.4 Å². The van der Waals surface area contributed by atoms with Gasteiger partial charge in [-0.1, -0.05) is 79.2 Å². The van der Waals surface area contributed by atoms with Gasteiger partial charge in [0.05, 0.1) is 13.2 Å². The number of hydrogen-bond acceptors (Lipinski definition) is 5.